The number of rotatable bonds is 4. The average Bonchev–Trinajstić information content (AvgIpc) is 2.75. The molecule has 1 unspecified atom stereocenters. The number of likely N-dealkylation sites (tertiary alicyclic amines) is 1. The van der Waals surface area contributed by atoms with Crippen LogP contribution in [0, 0.1) is 0 Å². The van der Waals surface area contributed by atoms with E-state index in [1.165, 1.54) is 18.4 Å². The Labute approximate surface area is 113 Å². The van der Waals surface area contributed by atoms with Crippen molar-refractivity contribution in [3.63, 3.8) is 0 Å². The molecule has 1 aromatic heterocycles. The fraction of sp³-hybridized carbons (Fsp3) is 0.643. The zero-order valence-corrected chi connectivity index (χ0v) is 11.8. The first-order valence-electron chi connectivity index (χ1n) is 6.80. The van der Waals surface area contributed by atoms with Gasteiger partial charge in [0, 0.05) is 19.6 Å². The molecule has 0 aromatic carbocycles. The number of nitrogens with zero attached hydrogens (tertiary/aromatic N) is 1. The molecular weight excluding hydrogens is 244 g/mol. The van der Waals surface area contributed by atoms with Crippen LogP contribution in [0.15, 0.2) is 16.8 Å². The highest BCUT2D eigenvalue weighted by Crippen LogP contribution is 2.11. The van der Waals surface area contributed by atoms with Crippen molar-refractivity contribution >= 4 is 17.2 Å². The first-order chi connectivity index (χ1) is 8.77. The van der Waals surface area contributed by atoms with Crippen LogP contribution in [-0.2, 0) is 11.3 Å². The summed E-state index contributed by atoms with van der Waals surface area (Å²) in [5, 5.41) is 7.51. The molecule has 1 aliphatic heterocycles. The van der Waals surface area contributed by atoms with Crippen LogP contribution in [0.4, 0.5) is 0 Å². The third kappa shape index (κ3) is 3.82. The maximum absolute atomic E-state index is 12.3. The van der Waals surface area contributed by atoms with Gasteiger partial charge in [-0.1, -0.05) is 12.8 Å². The number of nitrogens with one attached hydrogen (secondary N) is 1. The van der Waals surface area contributed by atoms with Gasteiger partial charge in [0.1, 0.15) is 0 Å². The summed E-state index contributed by atoms with van der Waals surface area (Å²) < 4.78 is 0. The number of carbonyl (C=O) groups excluding carboxylic acids is 1. The molecule has 2 rings (SSSR count). The van der Waals surface area contributed by atoms with Crippen LogP contribution in [-0.4, -0.2) is 29.9 Å². The van der Waals surface area contributed by atoms with Gasteiger partial charge in [0.25, 0.3) is 0 Å². The van der Waals surface area contributed by atoms with E-state index >= 15 is 0 Å². The molecule has 0 radical (unpaired) electrons. The Bertz CT molecular complexity index is 356. The van der Waals surface area contributed by atoms with Gasteiger partial charge in [-0.2, -0.15) is 11.3 Å². The Kier molecular flexibility index (Phi) is 5.20. The number of carbonyl (C=O) groups is 1. The molecule has 0 aliphatic carbocycles. The van der Waals surface area contributed by atoms with Gasteiger partial charge in [0.2, 0.25) is 5.91 Å². The van der Waals surface area contributed by atoms with Crippen molar-refractivity contribution in [2.45, 2.75) is 45.2 Å². The minimum Gasteiger partial charge on any atom is -0.341 e. The lowest BCUT2D eigenvalue weighted by Gasteiger charge is -2.24. The fourth-order valence-electron chi connectivity index (χ4n) is 2.32. The van der Waals surface area contributed by atoms with Gasteiger partial charge in [-0.25, -0.2) is 0 Å². The number of amides is 1. The van der Waals surface area contributed by atoms with E-state index in [1.54, 1.807) is 11.3 Å². The van der Waals surface area contributed by atoms with Gasteiger partial charge < -0.3 is 10.2 Å². The normalized spacial score (nSPS) is 18.4. The van der Waals surface area contributed by atoms with E-state index < -0.39 is 0 Å². The van der Waals surface area contributed by atoms with Crippen molar-refractivity contribution in [3.8, 4) is 0 Å². The SMILES string of the molecule is CC(NCc1ccsc1)C(=O)N1CCCCCC1. The maximum atomic E-state index is 12.3. The van der Waals surface area contributed by atoms with Crippen molar-refractivity contribution in [3.05, 3.63) is 22.4 Å². The monoisotopic (exact) mass is 266 g/mol. The van der Waals surface area contributed by atoms with Crippen molar-refractivity contribution in [1.29, 1.82) is 0 Å². The van der Waals surface area contributed by atoms with Crippen LogP contribution >= 0.6 is 11.3 Å². The van der Waals surface area contributed by atoms with Gasteiger partial charge >= 0.3 is 0 Å². The molecule has 1 aliphatic rings. The molecule has 1 aromatic rings. The zero-order valence-electron chi connectivity index (χ0n) is 11.0. The summed E-state index contributed by atoms with van der Waals surface area (Å²) in [5.74, 6) is 0.257. The molecule has 1 amide bonds. The van der Waals surface area contributed by atoms with Crippen molar-refractivity contribution in [2.24, 2.45) is 0 Å². The lowest BCUT2D eigenvalue weighted by atomic mass is 10.2. The minimum atomic E-state index is -0.0806. The summed E-state index contributed by atoms with van der Waals surface area (Å²) in [6, 6.07) is 2.02. The molecule has 1 N–H and O–H groups in total. The molecule has 1 atom stereocenters. The second-order valence-corrected chi connectivity index (χ2v) is 5.75. The summed E-state index contributed by atoms with van der Waals surface area (Å²) in [4.78, 5) is 14.3. The van der Waals surface area contributed by atoms with Gasteiger partial charge in [-0.15, -0.1) is 0 Å². The van der Waals surface area contributed by atoms with Crippen LogP contribution in [0.5, 0.6) is 0 Å². The molecule has 2 heterocycles. The molecule has 0 spiro atoms. The molecule has 100 valence electrons. The van der Waals surface area contributed by atoms with E-state index in [1.807, 2.05) is 11.8 Å². The average molecular weight is 266 g/mol. The molecule has 4 heteroatoms. The number of hydrogen-bond acceptors (Lipinski definition) is 3. The highest BCUT2D eigenvalue weighted by Gasteiger charge is 2.20. The van der Waals surface area contributed by atoms with E-state index in [-0.39, 0.29) is 11.9 Å². The molecule has 18 heavy (non-hydrogen) atoms. The first kappa shape index (κ1) is 13.6. The van der Waals surface area contributed by atoms with Crippen LogP contribution in [0.2, 0.25) is 0 Å². The van der Waals surface area contributed by atoms with Gasteiger partial charge in [0.05, 0.1) is 6.04 Å². The highest BCUT2D eigenvalue weighted by molar-refractivity contribution is 7.07. The summed E-state index contributed by atoms with van der Waals surface area (Å²) in [6.07, 6.45) is 4.84. The molecule has 3 nitrogen and oxygen atoms in total. The van der Waals surface area contributed by atoms with Gasteiger partial charge in [-0.05, 0) is 42.2 Å². The number of thiophene rings is 1. The van der Waals surface area contributed by atoms with E-state index in [4.69, 9.17) is 0 Å². The standard InChI is InChI=1S/C14H22N2OS/c1-12(15-10-13-6-9-18-11-13)14(17)16-7-4-2-3-5-8-16/h6,9,11-12,15H,2-5,7-8,10H2,1H3. The second-order valence-electron chi connectivity index (χ2n) is 4.97. The predicted octanol–water partition coefficient (Wildman–Crippen LogP) is 2.63. The van der Waals surface area contributed by atoms with Crippen LogP contribution in [0.25, 0.3) is 0 Å². The van der Waals surface area contributed by atoms with Crippen molar-refractivity contribution in [2.75, 3.05) is 13.1 Å². The van der Waals surface area contributed by atoms with Gasteiger partial charge in [0.15, 0.2) is 0 Å². The van der Waals surface area contributed by atoms with E-state index in [0.717, 1.165) is 32.5 Å². The fourth-order valence-corrected chi connectivity index (χ4v) is 2.99. The lowest BCUT2D eigenvalue weighted by molar-refractivity contribution is -0.133. The Morgan fingerprint density at radius 2 is 2.11 bits per heavy atom. The molecule has 0 saturated carbocycles. The van der Waals surface area contributed by atoms with E-state index in [9.17, 15) is 4.79 Å². The second kappa shape index (κ2) is 6.90. The predicted molar refractivity (Wildman–Crippen MR) is 75.7 cm³/mol. The minimum absolute atomic E-state index is 0.0806. The van der Waals surface area contributed by atoms with Crippen molar-refractivity contribution in [1.82, 2.24) is 10.2 Å². The zero-order chi connectivity index (χ0) is 12.8. The highest BCUT2D eigenvalue weighted by atomic mass is 32.1. The van der Waals surface area contributed by atoms with Crippen molar-refractivity contribution < 1.29 is 4.79 Å². The smallest absolute Gasteiger partial charge is 0.239 e. The third-order valence-corrected chi connectivity index (χ3v) is 4.21. The summed E-state index contributed by atoms with van der Waals surface area (Å²) in [6.45, 7) is 4.62. The first-order valence-corrected chi connectivity index (χ1v) is 7.75. The Morgan fingerprint density at radius 3 is 2.72 bits per heavy atom. The molecule has 0 bridgehead atoms. The Morgan fingerprint density at radius 1 is 1.39 bits per heavy atom. The molecule has 1 saturated heterocycles. The van der Waals surface area contributed by atoms with E-state index in [0.29, 0.717) is 0 Å². The molecular formula is C14H22N2OS. The maximum Gasteiger partial charge on any atom is 0.239 e. The van der Waals surface area contributed by atoms with Crippen LogP contribution in [0.3, 0.4) is 0 Å². The van der Waals surface area contributed by atoms with Gasteiger partial charge in [-0.3, -0.25) is 4.79 Å². The Balaban J connectivity index is 1.79. The lowest BCUT2D eigenvalue weighted by Crippen LogP contribution is -2.44. The third-order valence-electron chi connectivity index (χ3n) is 3.48. The summed E-state index contributed by atoms with van der Waals surface area (Å²) >= 11 is 1.70. The quantitative estimate of drug-likeness (QED) is 0.908. The molecule has 1 fully saturated rings. The Hall–Kier alpha value is -0.870. The largest absolute Gasteiger partial charge is 0.341 e. The van der Waals surface area contributed by atoms with E-state index in [2.05, 4.69) is 22.1 Å². The number of hydrogen-bond donors (Lipinski definition) is 1. The topological polar surface area (TPSA) is 32.3 Å². The van der Waals surface area contributed by atoms with Crippen LogP contribution in [0.1, 0.15) is 38.2 Å². The summed E-state index contributed by atoms with van der Waals surface area (Å²) in [5.41, 5.74) is 1.26. The van der Waals surface area contributed by atoms with Crippen LogP contribution < -0.4 is 5.32 Å². The summed E-state index contributed by atoms with van der Waals surface area (Å²) in [7, 11) is 0.